The van der Waals surface area contributed by atoms with Crippen LogP contribution in [0.15, 0.2) is 229 Å². The van der Waals surface area contributed by atoms with E-state index in [0.717, 1.165) is 93.9 Å². The molecule has 0 aliphatic heterocycles. The van der Waals surface area contributed by atoms with Crippen LogP contribution in [0.25, 0.3) is 129 Å². The highest BCUT2D eigenvalue weighted by atomic mass is 16.3. The van der Waals surface area contributed by atoms with E-state index in [2.05, 4.69) is 95.6 Å². The fourth-order valence-corrected chi connectivity index (χ4v) is 9.29. The van der Waals surface area contributed by atoms with Crippen LogP contribution in [0.2, 0.25) is 0 Å². The van der Waals surface area contributed by atoms with Crippen LogP contribution in [-0.4, -0.2) is 34.5 Å². The van der Waals surface area contributed by atoms with Crippen molar-refractivity contribution in [3.05, 3.63) is 224 Å². The number of benzene rings is 9. The van der Waals surface area contributed by atoms with Crippen LogP contribution in [0.5, 0.6) is 0 Å². The molecule has 0 atom stereocenters. The smallest absolute Gasteiger partial charge is 0.166 e. The monoisotopic (exact) mass is 871 g/mol. The van der Waals surface area contributed by atoms with Gasteiger partial charge in [-0.3, -0.25) is 0 Å². The Morgan fingerprint density at radius 1 is 0.279 bits per heavy atom. The summed E-state index contributed by atoms with van der Waals surface area (Å²) in [6.45, 7) is 0. The van der Waals surface area contributed by atoms with Crippen molar-refractivity contribution in [3.63, 3.8) is 0 Å². The SMILES string of the molecule is c1ccc(-c2nc(-c3ccccc3)nc(-c3ccc4c5ccccc5n(-c5ccc(-c6cccc7c6oc6ccccc67)cc5-c5nc(-c6ccccc6)nc(-c6ccccc6)n5)c4c3)n2)cc1. The largest absolute Gasteiger partial charge is 0.455 e. The van der Waals surface area contributed by atoms with E-state index in [1.54, 1.807) is 0 Å². The van der Waals surface area contributed by atoms with Crippen molar-refractivity contribution in [3.8, 4) is 85.1 Å². The van der Waals surface area contributed by atoms with Gasteiger partial charge in [-0.25, -0.2) is 29.9 Å². The van der Waals surface area contributed by atoms with Gasteiger partial charge in [-0.1, -0.05) is 194 Å². The lowest BCUT2D eigenvalue weighted by Crippen LogP contribution is -2.04. The lowest BCUT2D eigenvalue weighted by atomic mass is 9.98. The fraction of sp³-hybridized carbons (Fsp3) is 0. The summed E-state index contributed by atoms with van der Waals surface area (Å²) in [5.41, 5.74) is 11.8. The Balaban J connectivity index is 1.08. The first kappa shape index (κ1) is 39.0. The molecule has 0 radical (unpaired) electrons. The van der Waals surface area contributed by atoms with Crippen molar-refractivity contribution in [2.24, 2.45) is 0 Å². The number of para-hydroxylation sites is 3. The fourth-order valence-electron chi connectivity index (χ4n) is 9.29. The van der Waals surface area contributed by atoms with Crippen LogP contribution in [0.1, 0.15) is 0 Å². The third-order valence-corrected chi connectivity index (χ3v) is 12.5. The average molecular weight is 872 g/mol. The Bertz CT molecular complexity index is 3900. The maximum Gasteiger partial charge on any atom is 0.166 e. The van der Waals surface area contributed by atoms with Crippen LogP contribution >= 0.6 is 0 Å². The summed E-state index contributed by atoms with van der Waals surface area (Å²) in [6, 6.07) is 76.4. The predicted molar refractivity (Wildman–Crippen MR) is 273 cm³/mol. The first-order chi connectivity index (χ1) is 33.7. The van der Waals surface area contributed by atoms with Gasteiger partial charge in [0.15, 0.2) is 34.9 Å². The standard InChI is InChI=1S/C60H37N7O/c1-5-18-38(19-6-1)55-61-56(39-20-7-2-8-21-39)64-59(63-55)43-32-34-46-45-26-13-15-30-50(45)67(52(46)37-43)51-35-33-42(44-28-17-29-48-47-27-14-16-31-53(47)68-54(44)48)36-49(51)60-65-57(40-22-9-3-10-23-40)62-58(66-60)41-24-11-4-12-25-41/h1-37H. The second-order valence-electron chi connectivity index (χ2n) is 16.7. The van der Waals surface area contributed by atoms with Crippen LogP contribution in [0.4, 0.5) is 0 Å². The lowest BCUT2D eigenvalue weighted by Gasteiger charge is -2.17. The molecule has 0 N–H and O–H groups in total. The summed E-state index contributed by atoms with van der Waals surface area (Å²) in [4.78, 5) is 30.9. The maximum absolute atomic E-state index is 6.62. The predicted octanol–water partition coefficient (Wildman–Crippen LogP) is 14.7. The number of rotatable bonds is 8. The topological polar surface area (TPSA) is 95.4 Å². The average Bonchev–Trinajstić information content (AvgIpc) is 3.97. The molecule has 0 fully saturated rings. The quantitative estimate of drug-likeness (QED) is 0.150. The second kappa shape index (κ2) is 16.2. The minimum Gasteiger partial charge on any atom is -0.455 e. The maximum atomic E-state index is 6.62. The van der Waals surface area contributed by atoms with E-state index in [-0.39, 0.29) is 0 Å². The Morgan fingerprint density at radius 2 is 0.735 bits per heavy atom. The molecule has 13 aromatic rings. The number of hydrogen-bond donors (Lipinski definition) is 0. The van der Waals surface area contributed by atoms with Crippen LogP contribution < -0.4 is 0 Å². The molecule has 9 aromatic carbocycles. The molecule has 0 aliphatic rings. The third-order valence-electron chi connectivity index (χ3n) is 12.5. The molecule has 0 unspecified atom stereocenters. The Kier molecular flexibility index (Phi) is 9.31. The van der Waals surface area contributed by atoms with E-state index in [4.69, 9.17) is 34.3 Å². The normalized spacial score (nSPS) is 11.5. The molecule has 0 saturated carbocycles. The minimum atomic E-state index is 0.533. The highest BCUT2D eigenvalue weighted by molar-refractivity contribution is 6.12. The third kappa shape index (κ3) is 6.78. The molecule has 8 nitrogen and oxygen atoms in total. The number of aromatic nitrogens is 7. The van der Waals surface area contributed by atoms with Gasteiger partial charge in [0.05, 0.1) is 16.7 Å². The first-order valence-corrected chi connectivity index (χ1v) is 22.5. The van der Waals surface area contributed by atoms with Gasteiger partial charge in [0.2, 0.25) is 0 Å². The Hall–Kier alpha value is -9.40. The molecule has 0 saturated heterocycles. The molecule has 318 valence electrons. The zero-order valence-corrected chi connectivity index (χ0v) is 36.4. The number of hydrogen-bond acceptors (Lipinski definition) is 7. The first-order valence-electron chi connectivity index (χ1n) is 22.5. The van der Waals surface area contributed by atoms with Crippen molar-refractivity contribution in [2.75, 3.05) is 0 Å². The van der Waals surface area contributed by atoms with Gasteiger partial charge in [-0.2, -0.15) is 0 Å². The molecule has 4 aromatic heterocycles. The van der Waals surface area contributed by atoms with Crippen molar-refractivity contribution in [2.45, 2.75) is 0 Å². The van der Waals surface area contributed by atoms with Gasteiger partial charge < -0.3 is 8.98 Å². The number of fused-ring (bicyclic) bond motifs is 6. The van der Waals surface area contributed by atoms with Gasteiger partial charge in [0.25, 0.3) is 0 Å². The van der Waals surface area contributed by atoms with E-state index >= 15 is 0 Å². The highest BCUT2D eigenvalue weighted by Gasteiger charge is 2.23. The van der Waals surface area contributed by atoms with Crippen LogP contribution in [-0.2, 0) is 0 Å². The van der Waals surface area contributed by atoms with Gasteiger partial charge in [0, 0.05) is 60.5 Å². The van der Waals surface area contributed by atoms with E-state index in [1.165, 1.54) is 0 Å². The molecule has 68 heavy (non-hydrogen) atoms. The zero-order valence-electron chi connectivity index (χ0n) is 36.4. The van der Waals surface area contributed by atoms with Crippen LogP contribution in [0, 0.1) is 0 Å². The summed E-state index contributed by atoms with van der Waals surface area (Å²) in [5.74, 6) is 3.46. The summed E-state index contributed by atoms with van der Waals surface area (Å²) in [6.07, 6.45) is 0. The van der Waals surface area contributed by atoms with Crippen molar-refractivity contribution in [1.29, 1.82) is 0 Å². The molecule has 13 rings (SSSR count). The van der Waals surface area contributed by atoms with E-state index in [0.29, 0.717) is 34.9 Å². The molecular weight excluding hydrogens is 835 g/mol. The Morgan fingerprint density at radius 3 is 1.32 bits per heavy atom. The zero-order chi connectivity index (χ0) is 45.0. The van der Waals surface area contributed by atoms with Gasteiger partial charge >= 0.3 is 0 Å². The minimum absolute atomic E-state index is 0.533. The van der Waals surface area contributed by atoms with Gasteiger partial charge in [-0.05, 0) is 35.9 Å². The molecule has 8 heteroatoms. The van der Waals surface area contributed by atoms with Gasteiger partial charge in [0.1, 0.15) is 11.2 Å². The number of nitrogens with zero attached hydrogens (tertiary/aromatic N) is 7. The van der Waals surface area contributed by atoms with Gasteiger partial charge in [-0.15, -0.1) is 0 Å². The van der Waals surface area contributed by atoms with E-state index in [1.807, 2.05) is 133 Å². The van der Waals surface area contributed by atoms with Crippen molar-refractivity contribution < 1.29 is 4.42 Å². The summed E-state index contributed by atoms with van der Waals surface area (Å²) in [5, 5.41) is 4.32. The van der Waals surface area contributed by atoms with Crippen molar-refractivity contribution in [1.82, 2.24) is 34.5 Å². The number of furan rings is 1. The lowest BCUT2D eigenvalue weighted by molar-refractivity contribution is 0.670. The molecule has 4 heterocycles. The van der Waals surface area contributed by atoms with Crippen LogP contribution in [0.3, 0.4) is 0 Å². The summed E-state index contributed by atoms with van der Waals surface area (Å²) in [7, 11) is 0. The molecule has 0 aliphatic carbocycles. The highest BCUT2D eigenvalue weighted by Crippen LogP contribution is 2.42. The summed E-state index contributed by atoms with van der Waals surface area (Å²) >= 11 is 0. The summed E-state index contributed by atoms with van der Waals surface area (Å²) < 4.78 is 8.94. The molecule has 0 spiro atoms. The Labute approximate surface area is 390 Å². The molecule has 0 amide bonds. The van der Waals surface area contributed by atoms with Crippen molar-refractivity contribution >= 4 is 43.7 Å². The van der Waals surface area contributed by atoms with E-state index in [9.17, 15) is 0 Å². The van der Waals surface area contributed by atoms with E-state index < -0.39 is 0 Å². The molecular formula is C60H37N7O. The molecule has 0 bridgehead atoms. The second-order valence-corrected chi connectivity index (χ2v) is 16.7.